The molecule has 0 saturated carbocycles. The molecule has 0 aliphatic rings. The van der Waals surface area contributed by atoms with Crippen LogP contribution in [0.15, 0.2) is 52.0 Å². The Kier molecular flexibility index (Phi) is 6.26. The molecule has 0 fully saturated rings. The maximum Gasteiger partial charge on any atom is 0.226 e. The van der Waals surface area contributed by atoms with Crippen molar-refractivity contribution in [1.82, 2.24) is 25.0 Å². The molecule has 4 rings (SSSR count). The molecule has 2 aromatic heterocycles. The second-order valence-electron chi connectivity index (χ2n) is 6.20. The number of aryl methyl sites for hydroxylation is 1. The molecule has 154 valence electrons. The number of ether oxygens (including phenoxy) is 1. The fourth-order valence-electron chi connectivity index (χ4n) is 2.85. The Morgan fingerprint density at radius 3 is 2.53 bits per heavy atom. The zero-order chi connectivity index (χ0) is 21.1. The summed E-state index contributed by atoms with van der Waals surface area (Å²) in [6.07, 6.45) is 0.687. The molecule has 0 radical (unpaired) electrons. The second-order valence-corrected chi connectivity index (χ2v) is 8.02. The van der Waals surface area contributed by atoms with Gasteiger partial charge in [0.2, 0.25) is 11.8 Å². The molecule has 0 atom stereocenters. The number of aromatic nitrogens is 5. The second kappa shape index (κ2) is 9.07. The number of hydrogen-bond acceptors (Lipinski definition) is 7. The molecule has 10 heteroatoms. The van der Waals surface area contributed by atoms with Crippen molar-refractivity contribution >= 4 is 35.0 Å². The fraction of sp³-hybridized carbons (Fsp3) is 0.200. The highest BCUT2D eigenvalue weighted by Crippen LogP contribution is 2.35. The predicted octanol–water partition coefficient (Wildman–Crippen LogP) is 5.49. The minimum absolute atomic E-state index is 0.448. The van der Waals surface area contributed by atoms with Crippen molar-refractivity contribution in [2.45, 2.75) is 24.3 Å². The highest BCUT2D eigenvalue weighted by Gasteiger charge is 2.20. The molecule has 0 aliphatic heterocycles. The summed E-state index contributed by atoms with van der Waals surface area (Å²) >= 11 is 13.9. The van der Waals surface area contributed by atoms with Gasteiger partial charge in [-0.15, -0.1) is 20.4 Å². The van der Waals surface area contributed by atoms with Crippen LogP contribution >= 0.6 is 35.0 Å². The quantitative estimate of drug-likeness (QED) is 0.336. The van der Waals surface area contributed by atoms with Gasteiger partial charge < -0.3 is 9.15 Å². The van der Waals surface area contributed by atoms with Crippen molar-refractivity contribution in [3.05, 3.63) is 64.3 Å². The Labute approximate surface area is 187 Å². The average molecular weight is 462 g/mol. The number of hydrogen-bond donors (Lipinski definition) is 0. The predicted molar refractivity (Wildman–Crippen MR) is 117 cm³/mol. The molecular weight excluding hydrogens is 445 g/mol. The Morgan fingerprint density at radius 1 is 1.00 bits per heavy atom. The molecule has 30 heavy (non-hydrogen) atoms. The largest absolute Gasteiger partial charge is 0.495 e. The lowest BCUT2D eigenvalue weighted by Crippen LogP contribution is -2.02. The van der Waals surface area contributed by atoms with E-state index in [-0.39, 0.29) is 0 Å². The van der Waals surface area contributed by atoms with Crippen molar-refractivity contribution in [2.24, 2.45) is 0 Å². The Morgan fingerprint density at radius 2 is 1.80 bits per heavy atom. The van der Waals surface area contributed by atoms with E-state index in [0.717, 1.165) is 5.56 Å². The molecule has 0 aliphatic carbocycles. The van der Waals surface area contributed by atoms with E-state index in [9.17, 15) is 0 Å². The van der Waals surface area contributed by atoms with Gasteiger partial charge in [0.25, 0.3) is 0 Å². The van der Waals surface area contributed by atoms with Crippen LogP contribution < -0.4 is 4.74 Å². The third kappa shape index (κ3) is 4.30. The summed E-state index contributed by atoms with van der Waals surface area (Å²) in [6, 6.07) is 12.8. The van der Waals surface area contributed by atoms with E-state index in [1.54, 1.807) is 19.2 Å². The number of thioether (sulfide) groups is 1. The first-order chi connectivity index (χ1) is 14.6. The van der Waals surface area contributed by atoms with Crippen LogP contribution in [0.2, 0.25) is 10.0 Å². The van der Waals surface area contributed by atoms with Gasteiger partial charge in [-0.2, -0.15) is 0 Å². The highest BCUT2D eigenvalue weighted by atomic mass is 35.5. The molecule has 0 spiro atoms. The van der Waals surface area contributed by atoms with Crippen LogP contribution in [0.1, 0.15) is 18.7 Å². The molecule has 7 nitrogen and oxygen atoms in total. The van der Waals surface area contributed by atoms with Crippen molar-refractivity contribution in [1.29, 1.82) is 0 Å². The van der Waals surface area contributed by atoms with Crippen LogP contribution in [-0.4, -0.2) is 32.1 Å². The molecule has 2 heterocycles. The van der Waals surface area contributed by atoms with Gasteiger partial charge >= 0.3 is 0 Å². The first kappa shape index (κ1) is 20.7. The lowest BCUT2D eigenvalue weighted by molar-refractivity contribution is 0.412. The number of nitrogens with zero attached hydrogens (tertiary/aromatic N) is 5. The first-order valence-corrected chi connectivity index (χ1v) is 10.8. The Bertz CT molecular complexity index is 1180. The van der Waals surface area contributed by atoms with Gasteiger partial charge in [0.1, 0.15) is 5.75 Å². The van der Waals surface area contributed by atoms with Crippen LogP contribution in [0, 0.1) is 0 Å². The van der Waals surface area contributed by atoms with Crippen LogP contribution in [0.4, 0.5) is 0 Å². The van der Waals surface area contributed by atoms with Gasteiger partial charge in [0.15, 0.2) is 11.0 Å². The maximum atomic E-state index is 6.29. The summed E-state index contributed by atoms with van der Waals surface area (Å²) in [6.45, 7) is 1.96. The normalized spacial score (nSPS) is 11.1. The fourth-order valence-corrected chi connectivity index (χ4v) is 3.99. The molecule has 0 N–H and O–H groups in total. The zero-order valence-electron chi connectivity index (χ0n) is 16.2. The molecule has 0 saturated heterocycles. The van der Waals surface area contributed by atoms with E-state index < -0.39 is 0 Å². The summed E-state index contributed by atoms with van der Waals surface area (Å²) in [7, 11) is 1.60. The van der Waals surface area contributed by atoms with Crippen molar-refractivity contribution < 1.29 is 9.15 Å². The first-order valence-electron chi connectivity index (χ1n) is 9.08. The number of benzene rings is 2. The Hall–Kier alpha value is -2.55. The van der Waals surface area contributed by atoms with Gasteiger partial charge in [-0.3, -0.25) is 4.57 Å². The molecule has 2 aromatic carbocycles. The van der Waals surface area contributed by atoms with Crippen LogP contribution in [0.25, 0.3) is 17.1 Å². The van der Waals surface area contributed by atoms with Crippen molar-refractivity contribution in [2.75, 3.05) is 7.11 Å². The van der Waals surface area contributed by atoms with Gasteiger partial charge in [-0.05, 0) is 30.3 Å². The minimum Gasteiger partial charge on any atom is -0.495 e. The lowest BCUT2D eigenvalue weighted by atomic mass is 10.2. The monoisotopic (exact) mass is 461 g/mol. The van der Waals surface area contributed by atoms with Crippen LogP contribution in [-0.2, 0) is 12.2 Å². The van der Waals surface area contributed by atoms with E-state index in [2.05, 4.69) is 20.4 Å². The molecular formula is C20H17Cl2N5O2S. The van der Waals surface area contributed by atoms with Gasteiger partial charge in [0.05, 0.1) is 18.6 Å². The summed E-state index contributed by atoms with van der Waals surface area (Å²) < 4.78 is 13.1. The van der Waals surface area contributed by atoms with E-state index in [4.69, 9.17) is 32.4 Å². The van der Waals surface area contributed by atoms with E-state index >= 15 is 0 Å². The minimum atomic E-state index is 0.448. The highest BCUT2D eigenvalue weighted by molar-refractivity contribution is 7.98. The molecule has 0 bridgehead atoms. The summed E-state index contributed by atoms with van der Waals surface area (Å²) in [4.78, 5) is 0. The lowest BCUT2D eigenvalue weighted by Gasteiger charge is -2.14. The van der Waals surface area contributed by atoms with Crippen molar-refractivity contribution in [3.8, 4) is 22.8 Å². The van der Waals surface area contributed by atoms with Crippen LogP contribution in [0.3, 0.4) is 0 Å². The van der Waals surface area contributed by atoms with Gasteiger partial charge in [-0.25, -0.2) is 0 Å². The van der Waals surface area contributed by atoms with E-state index in [0.29, 0.717) is 56.4 Å². The smallest absolute Gasteiger partial charge is 0.226 e. The molecule has 0 amide bonds. The van der Waals surface area contributed by atoms with Gasteiger partial charge in [-0.1, -0.05) is 54.0 Å². The average Bonchev–Trinajstić information content (AvgIpc) is 3.39. The third-order valence-corrected chi connectivity index (χ3v) is 5.62. The Balaban J connectivity index is 1.80. The zero-order valence-corrected chi connectivity index (χ0v) is 18.5. The maximum absolute atomic E-state index is 6.29. The standard InChI is InChI=1S/C20H17Cl2N5O2S/c1-3-17-23-24-18(29-17)11-30-20-26-25-19(12-5-4-6-13(21)9-12)27(20)15-10-14(22)7-8-16(15)28-2/h4-10H,3,11H2,1-2H3. The third-order valence-electron chi connectivity index (χ3n) is 4.23. The van der Waals surface area contributed by atoms with E-state index in [1.807, 2.05) is 41.8 Å². The van der Waals surface area contributed by atoms with Gasteiger partial charge in [0, 0.05) is 22.0 Å². The van der Waals surface area contributed by atoms with Crippen molar-refractivity contribution in [3.63, 3.8) is 0 Å². The van der Waals surface area contributed by atoms with E-state index in [1.165, 1.54) is 11.8 Å². The number of rotatable bonds is 7. The number of methoxy groups -OCH3 is 1. The topological polar surface area (TPSA) is 78.9 Å². The summed E-state index contributed by atoms with van der Waals surface area (Å²) in [5.41, 5.74) is 1.53. The SMILES string of the molecule is CCc1nnc(CSc2nnc(-c3cccc(Cl)c3)n2-c2cc(Cl)ccc2OC)o1. The summed E-state index contributed by atoms with van der Waals surface area (Å²) in [5.74, 6) is 2.82. The van der Waals surface area contributed by atoms with Crippen LogP contribution in [0.5, 0.6) is 5.75 Å². The molecule has 0 unspecified atom stereocenters. The summed E-state index contributed by atoms with van der Waals surface area (Å²) in [5, 5.41) is 18.7. The molecule has 4 aromatic rings. The number of halogens is 2.